The van der Waals surface area contributed by atoms with Crippen molar-refractivity contribution in [2.24, 2.45) is 7.05 Å². The number of amides is 1. The molecule has 3 rings (SSSR count). The van der Waals surface area contributed by atoms with E-state index >= 15 is 0 Å². The lowest BCUT2D eigenvalue weighted by molar-refractivity contribution is 0.134. The van der Waals surface area contributed by atoms with Gasteiger partial charge >= 0.3 is 6.09 Å². The van der Waals surface area contributed by atoms with Gasteiger partial charge in [-0.15, -0.1) is 0 Å². The van der Waals surface area contributed by atoms with Crippen molar-refractivity contribution >= 4 is 22.7 Å². The fraction of sp³-hybridized carbons (Fsp3) is 0.412. The van der Waals surface area contributed by atoms with Gasteiger partial charge in [0.2, 0.25) is 0 Å². The Morgan fingerprint density at radius 2 is 2.00 bits per heavy atom. The van der Waals surface area contributed by atoms with Crippen molar-refractivity contribution in [2.45, 2.75) is 18.9 Å². The van der Waals surface area contributed by atoms with Crippen molar-refractivity contribution in [1.29, 1.82) is 0 Å². The van der Waals surface area contributed by atoms with Gasteiger partial charge in [0.05, 0.1) is 12.6 Å². The molecule has 1 amide bonds. The quantitative estimate of drug-likeness (QED) is 0.900. The molecule has 0 spiro atoms. The van der Waals surface area contributed by atoms with E-state index in [1.165, 1.54) is 4.90 Å². The first kappa shape index (κ1) is 16.2. The number of aromatic nitrogens is 1. The predicted octanol–water partition coefficient (Wildman–Crippen LogP) is 2.10. The number of likely N-dealkylation sites (tertiary alicyclic amines) is 1. The Morgan fingerprint density at radius 3 is 2.62 bits per heavy atom. The second kappa shape index (κ2) is 6.43. The van der Waals surface area contributed by atoms with E-state index in [2.05, 4.69) is 5.32 Å². The molecule has 0 unspecified atom stereocenters. The molecule has 1 aliphatic heterocycles. The number of anilines is 1. The fourth-order valence-corrected chi connectivity index (χ4v) is 3.12. The van der Waals surface area contributed by atoms with Gasteiger partial charge in [0.1, 0.15) is 5.75 Å². The summed E-state index contributed by atoms with van der Waals surface area (Å²) in [6.07, 6.45) is 0.553. The lowest BCUT2D eigenvalue weighted by Gasteiger charge is -2.31. The first-order valence-electron chi connectivity index (χ1n) is 7.92. The van der Waals surface area contributed by atoms with Crippen LogP contribution in [-0.4, -0.2) is 46.9 Å². The average Bonchev–Trinajstić information content (AvgIpc) is 2.59. The number of rotatable bonds is 3. The zero-order valence-corrected chi connectivity index (χ0v) is 13.8. The van der Waals surface area contributed by atoms with Gasteiger partial charge in [-0.2, -0.15) is 0 Å². The van der Waals surface area contributed by atoms with E-state index in [4.69, 9.17) is 9.84 Å². The molecule has 0 bridgehead atoms. The average molecular weight is 331 g/mol. The van der Waals surface area contributed by atoms with Crippen LogP contribution in [-0.2, 0) is 7.05 Å². The largest absolute Gasteiger partial charge is 0.497 e. The number of hydrogen-bond donors (Lipinski definition) is 2. The molecule has 1 aliphatic rings. The van der Waals surface area contributed by atoms with Crippen LogP contribution < -0.4 is 15.6 Å². The van der Waals surface area contributed by atoms with Crippen molar-refractivity contribution in [3.05, 3.63) is 34.6 Å². The number of benzene rings is 1. The maximum atomic E-state index is 12.2. The molecule has 0 atom stereocenters. The summed E-state index contributed by atoms with van der Waals surface area (Å²) in [7, 11) is 3.35. The molecular weight excluding hydrogens is 310 g/mol. The maximum absolute atomic E-state index is 12.2. The molecule has 1 fully saturated rings. The molecule has 2 aromatic rings. The molecule has 2 N–H and O–H groups in total. The number of piperidine rings is 1. The van der Waals surface area contributed by atoms with Gasteiger partial charge in [-0.3, -0.25) is 4.79 Å². The number of nitrogens with one attached hydrogen (secondary N) is 1. The summed E-state index contributed by atoms with van der Waals surface area (Å²) in [5.41, 5.74) is 1.51. The molecule has 0 aliphatic carbocycles. The number of carbonyl (C=O) groups is 1. The summed E-state index contributed by atoms with van der Waals surface area (Å²) in [4.78, 5) is 24.6. The monoisotopic (exact) mass is 331 g/mol. The number of nitrogens with zero attached hydrogens (tertiary/aromatic N) is 2. The fourth-order valence-electron chi connectivity index (χ4n) is 3.12. The first-order chi connectivity index (χ1) is 11.5. The SMILES string of the molecule is COc1ccc2c(c1)c(NC1CCN(C(=O)O)CC1)cc(=O)n2C. The zero-order valence-electron chi connectivity index (χ0n) is 13.8. The highest BCUT2D eigenvalue weighted by Crippen LogP contribution is 2.27. The lowest BCUT2D eigenvalue weighted by atomic mass is 10.0. The smallest absolute Gasteiger partial charge is 0.407 e. The van der Waals surface area contributed by atoms with Crippen LogP contribution in [0.4, 0.5) is 10.5 Å². The molecule has 128 valence electrons. The predicted molar refractivity (Wildman–Crippen MR) is 92.0 cm³/mol. The van der Waals surface area contributed by atoms with Crippen LogP contribution in [0, 0.1) is 0 Å². The third kappa shape index (κ3) is 3.02. The molecule has 2 heterocycles. The third-order valence-electron chi connectivity index (χ3n) is 4.58. The van der Waals surface area contributed by atoms with E-state index in [9.17, 15) is 9.59 Å². The Balaban J connectivity index is 1.90. The number of fused-ring (bicyclic) bond motifs is 1. The van der Waals surface area contributed by atoms with Crippen LogP contribution in [0.1, 0.15) is 12.8 Å². The molecule has 24 heavy (non-hydrogen) atoms. The Hall–Kier alpha value is -2.70. The molecule has 1 aromatic carbocycles. The number of carboxylic acid groups (broad SMARTS) is 1. The standard InChI is InChI=1S/C17H21N3O4/c1-19-15-4-3-12(24-2)9-13(15)14(10-16(19)21)18-11-5-7-20(8-6-11)17(22)23/h3-4,9-11,18H,5-8H2,1-2H3,(H,22,23). The topological polar surface area (TPSA) is 83.8 Å². The third-order valence-corrected chi connectivity index (χ3v) is 4.58. The highest BCUT2D eigenvalue weighted by Gasteiger charge is 2.22. The highest BCUT2D eigenvalue weighted by atomic mass is 16.5. The summed E-state index contributed by atoms with van der Waals surface area (Å²) in [6.45, 7) is 0.998. The second-order valence-corrected chi connectivity index (χ2v) is 6.03. The number of methoxy groups -OCH3 is 1. The van der Waals surface area contributed by atoms with Crippen molar-refractivity contribution in [1.82, 2.24) is 9.47 Å². The van der Waals surface area contributed by atoms with E-state index in [1.54, 1.807) is 24.8 Å². The molecule has 1 saturated heterocycles. The van der Waals surface area contributed by atoms with Crippen LogP contribution >= 0.6 is 0 Å². The normalized spacial score (nSPS) is 15.5. The molecule has 7 heteroatoms. The van der Waals surface area contributed by atoms with Gasteiger partial charge in [0, 0.05) is 43.3 Å². The van der Waals surface area contributed by atoms with Crippen molar-refractivity contribution in [3.8, 4) is 5.75 Å². The maximum Gasteiger partial charge on any atom is 0.407 e. The summed E-state index contributed by atoms with van der Waals surface area (Å²) in [5.74, 6) is 0.727. The van der Waals surface area contributed by atoms with Gasteiger partial charge in [-0.25, -0.2) is 4.79 Å². The van der Waals surface area contributed by atoms with E-state index in [0.717, 1.165) is 22.3 Å². The minimum Gasteiger partial charge on any atom is -0.497 e. The Labute approximate surface area is 139 Å². The van der Waals surface area contributed by atoms with Crippen LogP contribution in [0.5, 0.6) is 5.75 Å². The number of pyridine rings is 1. The number of hydrogen-bond acceptors (Lipinski definition) is 4. The second-order valence-electron chi connectivity index (χ2n) is 6.03. The Morgan fingerprint density at radius 1 is 1.29 bits per heavy atom. The summed E-state index contributed by atoms with van der Waals surface area (Å²) >= 11 is 0. The van der Waals surface area contributed by atoms with E-state index in [0.29, 0.717) is 25.9 Å². The molecule has 7 nitrogen and oxygen atoms in total. The minimum atomic E-state index is -0.878. The van der Waals surface area contributed by atoms with Crippen molar-refractivity contribution in [3.63, 3.8) is 0 Å². The minimum absolute atomic E-state index is 0.0851. The molecule has 0 saturated carbocycles. The summed E-state index contributed by atoms with van der Waals surface area (Å²) in [6, 6.07) is 7.33. The summed E-state index contributed by atoms with van der Waals surface area (Å²) in [5, 5.41) is 13.4. The van der Waals surface area contributed by atoms with E-state index in [1.807, 2.05) is 18.2 Å². The zero-order chi connectivity index (χ0) is 17.3. The Bertz CT molecular complexity index is 822. The van der Waals surface area contributed by atoms with Crippen molar-refractivity contribution < 1.29 is 14.6 Å². The Kier molecular flexibility index (Phi) is 4.33. The van der Waals surface area contributed by atoms with Crippen LogP contribution in [0.15, 0.2) is 29.1 Å². The van der Waals surface area contributed by atoms with E-state index in [-0.39, 0.29) is 11.6 Å². The molecule has 1 aromatic heterocycles. The van der Waals surface area contributed by atoms with Crippen LogP contribution in [0.25, 0.3) is 10.9 Å². The number of aryl methyl sites for hydroxylation is 1. The molecular formula is C17H21N3O4. The van der Waals surface area contributed by atoms with Gasteiger partial charge in [0.15, 0.2) is 0 Å². The van der Waals surface area contributed by atoms with Crippen LogP contribution in [0.2, 0.25) is 0 Å². The van der Waals surface area contributed by atoms with E-state index < -0.39 is 6.09 Å². The summed E-state index contributed by atoms with van der Waals surface area (Å²) < 4.78 is 6.89. The first-order valence-corrected chi connectivity index (χ1v) is 7.92. The van der Waals surface area contributed by atoms with Crippen molar-refractivity contribution in [2.75, 3.05) is 25.5 Å². The van der Waals surface area contributed by atoms with Gasteiger partial charge < -0.3 is 24.6 Å². The van der Waals surface area contributed by atoms with Crippen LogP contribution in [0.3, 0.4) is 0 Å². The highest BCUT2D eigenvalue weighted by molar-refractivity contribution is 5.92. The molecule has 0 radical (unpaired) electrons. The number of ether oxygens (including phenoxy) is 1. The van der Waals surface area contributed by atoms with Gasteiger partial charge in [-0.1, -0.05) is 0 Å². The lowest BCUT2D eigenvalue weighted by Crippen LogP contribution is -2.41. The van der Waals surface area contributed by atoms with Gasteiger partial charge in [0.25, 0.3) is 5.56 Å². The van der Waals surface area contributed by atoms with Gasteiger partial charge in [-0.05, 0) is 31.0 Å².